The van der Waals surface area contributed by atoms with Gasteiger partial charge in [-0.15, -0.1) is 11.6 Å². The highest BCUT2D eigenvalue weighted by atomic mass is 35.5. The molecule has 0 saturated carbocycles. The van der Waals surface area contributed by atoms with Gasteiger partial charge in [-0.3, -0.25) is 4.98 Å². The van der Waals surface area contributed by atoms with Crippen LogP contribution in [-0.4, -0.2) is 10.5 Å². The van der Waals surface area contributed by atoms with Crippen LogP contribution in [0, 0.1) is 0 Å². The molecular weight excluding hydrogens is 172 g/mol. The molecule has 0 amide bonds. The Morgan fingerprint density at radius 1 is 1.58 bits per heavy atom. The molecule has 1 rings (SSSR count). The molecule has 66 valence electrons. The van der Waals surface area contributed by atoms with E-state index in [0.29, 0.717) is 0 Å². The van der Waals surface area contributed by atoms with E-state index in [1.165, 1.54) is 5.56 Å². The summed E-state index contributed by atoms with van der Waals surface area (Å²) in [5.74, 6) is 0. The van der Waals surface area contributed by atoms with Crippen LogP contribution in [0.2, 0.25) is 0 Å². The monoisotopic (exact) mass is 184 g/mol. The van der Waals surface area contributed by atoms with Crippen molar-refractivity contribution in [1.29, 1.82) is 0 Å². The summed E-state index contributed by atoms with van der Waals surface area (Å²) in [7, 11) is 0. The van der Waals surface area contributed by atoms with Crippen molar-refractivity contribution in [2.45, 2.75) is 24.8 Å². The Hall–Kier alpha value is -0.600. The van der Waals surface area contributed by atoms with Crippen LogP contribution in [0.3, 0.4) is 0 Å². The maximum Gasteiger partial charge on any atom is 0.0800 e. The predicted molar refractivity (Wildman–Crippen MR) is 51.0 cm³/mol. The highest BCUT2D eigenvalue weighted by Crippen LogP contribution is 2.05. The molecule has 1 heterocycles. The number of aromatic nitrogens is 1. The molecule has 0 aromatic carbocycles. The Balaban J connectivity index is 2.25. The zero-order chi connectivity index (χ0) is 8.81. The first kappa shape index (κ1) is 9.49. The molecule has 1 aromatic heterocycles. The smallest absolute Gasteiger partial charge is 0.0800 e. The van der Waals surface area contributed by atoms with Gasteiger partial charge in [-0.25, -0.2) is 0 Å². The van der Waals surface area contributed by atoms with Crippen molar-refractivity contribution < 1.29 is 0 Å². The first-order valence-electron chi connectivity index (χ1n) is 4.07. The summed E-state index contributed by atoms with van der Waals surface area (Å²) in [6.07, 6.45) is 6.54. The van der Waals surface area contributed by atoms with Crippen molar-refractivity contribution in [2.24, 2.45) is 5.73 Å². The summed E-state index contributed by atoms with van der Waals surface area (Å²) in [6.45, 7) is 0. The van der Waals surface area contributed by atoms with Crippen molar-refractivity contribution in [3.63, 3.8) is 0 Å². The number of pyridine rings is 1. The standard InChI is InChI=1S/C9H13ClN2/c10-9(11)5-1-3-8-4-2-6-12-7-8/h2,4,6-7,9H,1,3,5,11H2/t9-/m1/s1. The van der Waals surface area contributed by atoms with E-state index in [0.717, 1.165) is 19.3 Å². The summed E-state index contributed by atoms with van der Waals surface area (Å²) in [5, 5.41) is 0. The van der Waals surface area contributed by atoms with Gasteiger partial charge in [0.25, 0.3) is 0 Å². The predicted octanol–water partition coefficient (Wildman–Crippen LogP) is 1.93. The third-order valence-corrected chi connectivity index (χ3v) is 1.89. The maximum absolute atomic E-state index is 5.61. The van der Waals surface area contributed by atoms with E-state index >= 15 is 0 Å². The van der Waals surface area contributed by atoms with Gasteiger partial charge in [-0.1, -0.05) is 6.07 Å². The highest BCUT2D eigenvalue weighted by molar-refractivity contribution is 6.20. The molecular formula is C9H13ClN2. The lowest BCUT2D eigenvalue weighted by molar-refractivity contribution is 0.706. The van der Waals surface area contributed by atoms with E-state index in [4.69, 9.17) is 17.3 Å². The number of halogens is 1. The Labute approximate surface area is 77.8 Å². The summed E-state index contributed by atoms with van der Waals surface area (Å²) < 4.78 is 0. The molecule has 12 heavy (non-hydrogen) atoms. The van der Waals surface area contributed by atoms with Crippen LogP contribution in [-0.2, 0) is 6.42 Å². The number of aryl methyl sites for hydroxylation is 1. The van der Waals surface area contributed by atoms with Crippen LogP contribution in [0.25, 0.3) is 0 Å². The summed E-state index contributed by atoms with van der Waals surface area (Å²) in [5.41, 5.74) is 6.44. The van der Waals surface area contributed by atoms with Crippen LogP contribution in [0.4, 0.5) is 0 Å². The van der Waals surface area contributed by atoms with Gasteiger partial charge in [0.05, 0.1) is 5.50 Å². The first-order chi connectivity index (χ1) is 5.79. The quantitative estimate of drug-likeness (QED) is 0.574. The van der Waals surface area contributed by atoms with Gasteiger partial charge < -0.3 is 5.73 Å². The zero-order valence-corrected chi connectivity index (χ0v) is 7.67. The maximum atomic E-state index is 5.61. The van der Waals surface area contributed by atoms with Crippen LogP contribution >= 0.6 is 11.6 Å². The molecule has 0 unspecified atom stereocenters. The second kappa shape index (κ2) is 5.12. The molecule has 1 atom stereocenters. The molecule has 0 saturated heterocycles. The van der Waals surface area contributed by atoms with Crippen LogP contribution in [0.1, 0.15) is 18.4 Å². The molecule has 0 bridgehead atoms. The number of hydrogen-bond acceptors (Lipinski definition) is 2. The molecule has 0 aliphatic rings. The Morgan fingerprint density at radius 3 is 3.00 bits per heavy atom. The molecule has 2 N–H and O–H groups in total. The minimum Gasteiger partial charge on any atom is -0.315 e. The van der Waals surface area contributed by atoms with E-state index in [-0.39, 0.29) is 5.50 Å². The van der Waals surface area contributed by atoms with Gasteiger partial charge >= 0.3 is 0 Å². The molecule has 1 aromatic rings. The van der Waals surface area contributed by atoms with Crippen LogP contribution in [0.15, 0.2) is 24.5 Å². The fourth-order valence-electron chi connectivity index (χ4n) is 1.05. The van der Waals surface area contributed by atoms with Gasteiger partial charge in [0.15, 0.2) is 0 Å². The number of rotatable bonds is 4. The van der Waals surface area contributed by atoms with E-state index < -0.39 is 0 Å². The topological polar surface area (TPSA) is 38.9 Å². The van der Waals surface area contributed by atoms with Crippen LogP contribution in [0.5, 0.6) is 0 Å². The zero-order valence-electron chi connectivity index (χ0n) is 6.91. The fraction of sp³-hybridized carbons (Fsp3) is 0.444. The lowest BCUT2D eigenvalue weighted by atomic mass is 10.1. The number of nitrogens with two attached hydrogens (primary N) is 1. The summed E-state index contributed by atoms with van der Waals surface area (Å²) >= 11 is 5.61. The molecule has 3 heteroatoms. The van der Waals surface area contributed by atoms with E-state index in [1.807, 2.05) is 12.3 Å². The lowest BCUT2D eigenvalue weighted by Gasteiger charge is -2.02. The van der Waals surface area contributed by atoms with Crippen molar-refractivity contribution in [1.82, 2.24) is 4.98 Å². The Kier molecular flexibility index (Phi) is 4.05. The number of nitrogens with zero attached hydrogens (tertiary/aromatic N) is 1. The van der Waals surface area contributed by atoms with E-state index in [1.54, 1.807) is 6.20 Å². The summed E-state index contributed by atoms with van der Waals surface area (Å²) in [6, 6.07) is 4.00. The molecule has 2 nitrogen and oxygen atoms in total. The minimum atomic E-state index is -0.207. The van der Waals surface area contributed by atoms with Gasteiger partial charge in [0.1, 0.15) is 0 Å². The Morgan fingerprint density at radius 2 is 2.42 bits per heavy atom. The molecule has 0 aliphatic carbocycles. The third-order valence-electron chi connectivity index (χ3n) is 1.67. The first-order valence-corrected chi connectivity index (χ1v) is 4.51. The van der Waals surface area contributed by atoms with Crippen molar-refractivity contribution in [2.75, 3.05) is 0 Å². The number of alkyl halides is 1. The highest BCUT2D eigenvalue weighted by Gasteiger charge is 1.96. The molecule has 0 spiro atoms. The second-order valence-corrected chi connectivity index (χ2v) is 3.33. The molecule has 0 fully saturated rings. The van der Waals surface area contributed by atoms with Crippen molar-refractivity contribution in [3.05, 3.63) is 30.1 Å². The summed E-state index contributed by atoms with van der Waals surface area (Å²) in [4.78, 5) is 4.02. The average Bonchev–Trinajstić information content (AvgIpc) is 2.05. The van der Waals surface area contributed by atoms with Crippen molar-refractivity contribution >= 4 is 11.6 Å². The third kappa shape index (κ3) is 3.69. The molecule has 0 aliphatic heterocycles. The normalized spacial score (nSPS) is 12.8. The van der Waals surface area contributed by atoms with Gasteiger partial charge in [0, 0.05) is 12.4 Å². The van der Waals surface area contributed by atoms with Crippen LogP contribution < -0.4 is 5.73 Å². The van der Waals surface area contributed by atoms with Crippen molar-refractivity contribution in [3.8, 4) is 0 Å². The Bertz CT molecular complexity index is 211. The number of hydrogen-bond donors (Lipinski definition) is 1. The second-order valence-electron chi connectivity index (χ2n) is 2.77. The van der Waals surface area contributed by atoms with Gasteiger partial charge in [0.2, 0.25) is 0 Å². The van der Waals surface area contributed by atoms with E-state index in [2.05, 4.69) is 11.1 Å². The fourth-order valence-corrected chi connectivity index (χ4v) is 1.20. The SMILES string of the molecule is N[C@@H](Cl)CCCc1cccnc1. The van der Waals surface area contributed by atoms with Gasteiger partial charge in [-0.05, 0) is 30.9 Å². The van der Waals surface area contributed by atoms with E-state index in [9.17, 15) is 0 Å². The van der Waals surface area contributed by atoms with Gasteiger partial charge in [-0.2, -0.15) is 0 Å². The average molecular weight is 185 g/mol. The largest absolute Gasteiger partial charge is 0.315 e. The lowest BCUT2D eigenvalue weighted by Crippen LogP contribution is -2.11. The molecule has 0 radical (unpaired) electrons. The minimum absolute atomic E-state index is 0.207.